The van der Waals surface area contributed by atoms with Gasteiger partial charge in [-0.25, -0.2) is 9.97 Å². The van der Waals surface area contributed by atoms with Crippen LogP contribution in [0.15, 0.2) is 11.1 Å². The van der Waals surface area contributed by atoms with Crippen LogP contribution in [0.1, 0.15) is 6.23 Å². The zero-order valence-electron chi connectivity index (χ0n) is 9.97. The quantitative estimate of drug-likeness (QED) is 0.354. The molecule has 1 saturated heterocycles. The lowest BCUT2D eigenvalue weighted by atomic mass is 10.1. The highest BCUT2D eigenvalue weighted by molar-refractivity contribution is 14.1. The molecule has 4 atom stereocenters. The van der Waals surface area contributed by atoms with Gasteiger partial charge in [0.2, 0.25) is 0 Å². The number of hydrogen-bond donors (Lipinski definition) is 4. The van der Waals surface area contributed by atoms with E-state index in [1.807, 2.05) is 22.6 Å². The molecule has 1 fully saturated rings. The maximum absolute atomic E-state index is 11.7. The van der Waals surface area contributed by atoms with Gasteiger partial charge in [0, 0.05) is 22.6 Å². The number of fused-ring (bicyclic) bond motifs is 1. The highest BCUT2D eigenvalue weighted by Gasteiger charge is 2.44. The number of imidazole rings is 1. The van der Waals surface area contributed by atoms with Crippen LogP contribution >= 0.6 is 22.6 Å². The molecule has 2 aromatic heterocycles. The molecule has 3 rings (SSSR count). The van der Waals surface area contributed by atoms with E-state index >= 15 is 0 Å². The topological polar surface area (TPSA) is 133 Å². The summed E-state index contributed by atoms with van der Waals surface area (Å²) < 4.78 is 7.24. The van der Waals surface area contributed by atoms with Crippen molar-refractivity contribution in [3.8, 4) is 0 Å². The summed E-state index contributed by atoms with van der Waals surface area (Å²) >= 11 is 1.88. The van der Waals surface area contributed by atoms with Crippen LogP contribution in [0, 0.1) is 3.83 Å². The molecule has 10 heteroatoms. The number of aromatic nitrogens is 4. The molecule has 20 heavy (non-hydrogen) atoms. The zero-order valence-corrected chi connectivity index (χ0v) is 12.1. The smallest absolute Gasteiger partial charge is 0.278 e. The molecule has 0 radical (unpaired) electrons. The Labute approximate surface area is 125 Å². The molecule has 0 unspecified atom stereocenters. The number of H-pyrrole nitrogens is 1. The van der Waals surface area contributed by atoms with E-state index < -0.39 is 36.7 Å². The molecular weight excluding hydrogens is 383 g/mol. The minimum Gasteiger partial charge on any atom is -0.394 e. The largest absolute Gasteiger partial charge is 0.394 e. The summed E-state index contributed by atoms with van der Waals surface area (Å²) in [4.78, 5) is 22.2. The van der Waals surface area contributed by atoms with Crippen molar-refractivity contribution in [3.05, 3.63) is 20.5 Å². The first kappa shape index (κ1) is 13.9. The molecule has 0 bridgehead atoms. The summed E-state index contributed by atoms with van der Waals surface area (Å²) in [7, 11) is 0. The Kier molecular flexibility index (Phi) is 3.50. The highest BCUT2D eigenvalue weighted by Crippen LogP contribution is 2.32. The molecule has 108 valence electrons. The number of aliphatic hydroxyl groups excluding tert-OH is 3. The van der Waals surface area contributed by atoms with Crippen LogP contribution in [0.5, 0.6) is 0 Å². The van der Waals surface area contributed by atoms with Gasteiger partial charge in [-0.15, -0.1) is 0 Å². The van der Waals surface area contributed by atoms with Crippen LogP contribution in [0.2, 0.25) is 0 Å². The number of aromatic amines is 1. The van der Waals surface area contributed by atoms with Crippen molar-refractivity contribution >= 4 is 33.8 Å². The van der Waals surface area contributed by atoms with Crippen LogP contribution in [-0.2, 0) is 4.74 Å². The van der Waals surface area contributed by atoms with E-state index in [0.717, 1.165) is 0 Å². The maximum Gasteiger partial charge on any atom is 0.278 e. The van der Waals surface area contributed by atoms with Crippen LogP contribution < -0.4 is 5.56 Å². The molecule has 4 N–H and O–H groups in total. The molecule has 0 amide bonds. The number of nitrogens with one attached hydrogen (secondary N) is 1. The molecule has 2 aromatic rings. The summed E-state index contributed by atoms with van der Waals surface area (Å²) in [5.41, 5.74) is -0.0407. The second kappa shape index (κ2) is 5.04. The second-order valence-corrected chi connectivity index (χ2v) is 5.35. The number of halogens is 1. The Morgan fingerprint density at radius 1 is 1.45 bits per heavy atom. The molecule has 3 heterocycles. The number of aliphatic hydroxyl groups is 3. The van der Waals surface area contributed by atoms with Gasteiger partial charge in [0.15, 0.2) is 21.2 Å². The SMILES string of the molecule is O=c1[nH]cnc2c1nc(I)n2[C@@H]1O[C@H](CO)[C@@H](O)[C@H]1O. The first-order valence-corrected chi connectivity index (χ1v) is 6.86. The van der Waals surface area contributed by atoms with E-state index in [-0.39, 0.29) is 11.2 Å². The Morgan fingerprint density at radius 2 is 2.20 bits per heavy atom. The Morgan fingerprint density at radius 3 is 2.85 bits per heavy atom. The second-order valence-electron chi connectivity index (χ2n) is 4.38. The number of hydrogen-bond acceptors (Lipinski definition) is 7. The van der Waals surface area contributed by atoms with E-state index in [4.69, 9.17) is 9.84 Å². The number of rotatable bonds is 2. The maximum atomic E-state index is 11.7. The van der Waals surface area contributed by atoms with Gasteiger partial charge in [0.25, 0.3) is 5.56 Å². The molecule has 0 saturated carbocycles. The summed E-state index contributed by atoms with van der Waals surface area (Å²) in [6.45, 7) is -0.425. The average molecular weight is 394 g/mol. The van der Waals surface area contributed by atoms with E-state index in [2.05, 4.69) is 15.0 Å². The normalized spacial score (nSPS) is 30.2. The fourth-order valence-electron chi connectivity index (χ4n) is 2.21. The van der Waals surface area contributed by atoms with Crippen molar-refractivity contribution in [2.45, 2.75) is 24.5 Å². The van der Waals surface area contributed by atoms with Crippen molar-refractivity contribution in [1.29, 1.82) is 0 Å². The van der Waals surface area contributed by atoms with Gasteiger partial charge in [-0.2, -0.15) is 0 Å². The monoisotopic (exact) mass is 394 g/mol. The highest BCUT2D eigenvalue weighted by atomic mass is 127. The minimum atomic E-state index is -1.25. The number of nitrogens with zero attached hydrogens (tertiary/aromatic N) is 3. The van der Waals surface area contributed by atoms with Crippen LogP contribution in [0.3, 0.4) is 0 Å². The van der Waals surface area contributed by atoms with Crippen molar-refractivity contribution in [2.24, 2.45) is 0 Å². The molecule has 0 aromatic carbocycles. The van der Waals surface area contributed by atoms with Gasteiger partial charge in [-0.3, -0.25) is 9.36 Å². The summed E-state index contributed by atoms with van der Waals surface area (Å²) in [5, 5.41) is 28.9. The molecule has 1 aliphatic heterocycles. The van der Waals surface area contributed by atoms with Crippen LogP contribution in [0.25, 0.3) is 11.2 Å². The van der Waals surface area contributed by atoms with E-state index in [0.29, 0.717) is 3.83 Å². The van der Waals surface area contributed by atoms with E-state index in [1.54, 1.807) is 0 Å². The molecular formula is C10H11IN4O5. The van der Waals surface area contributed by atoms with Crippen molar-refractivity contribution in [2.75, 3.05) is 6.61 Å². The predicted octanol–water partition coefficient (Wildman–Crippen LogP) is -1.66. The van der Waals surface area contributed by atoms with Crippen molar-refractivity contribution < 1.29 is 20.1 Å². The fraction of sp³-hybridized carbons (Fsp3) is 0.500. The van der Waals surface area contributed by atoms with Gasteiger partial charge in [0.1, 0.15) is 18.3 Å². The van der Waals surface area contributed by atoms with Gasteiger partial charge in [-0.05, 0) is 0 Å². The van der Waals surface area contributed by atoms with Gasteiger partial charge in [0.05, 0.1) is 12.9 Å². The average Bonchev–Trinajstić information content (AvgIpc) is 2.90. The Balaban J connectivity index is 2.14. The summed E-state index contributed by atoms with van der Waals surface area (Å²) in [6, 6.07) is 0. The first-order valence-electron chi connectivity index (χ1n) is 5.78. The third-order valence-corrected chi connectivity index (χ3v) is 3.97. The lowest BCUT2D eigenvalue weighted by Gasteiger charge is -2.17. The molecule has 9 nitrogen and oxygen atoms in total. The fourth-order valence-corrected chi connectivity index (χ4v) is 2.96. The Hall–Kier alpha value is -1.08. The number of ether oxygens (including phenoxy) is 1. The third kappa shape index (κ3) is 1.95. The van der Waals surface area contributed by atoms with Gasteiger partial charge >= 0.3 is 0 Å². The predicted molar refractivity (Wildman–Crippen MR) is 73.9 cm³/mol. The van der Waals surface area contributed by atoms with Gasteiger partial charge in [-0.1, -0.05) is 0 Å². The molecule has 0 aliphatic carbocycles. The Bertz CT molecular complexity index is 701. The zero-order chi connectivity index (χ0) is 14.4. The van der Waals surface area contributed by atoms with Crippen molar-refractivity contribution in [1.82, 2.24) is 19.5 Å². The minimum absolute atomic E-state index is 0.120. The standard InChI is InChI=1S/C10H11IN4O5/c11-10-14-4-7(12-2-13-8(4)19)15(10)9-6(18)5(17)3(1-16)20-9/h2-3,5-6,9,16-18H,1H2,(H,12,13,19)/t3-,5-,6-,9-/m1/s1. The summed E-state index contributed by atoms with van der Waals surface area (Å²) in [6.07, 6.45) is -3.11. The lowest BCUT2D eigenvalue weighted by Crippen LogP contribution is -2.33. The van der Waals surface area contributed by atoms with E-state index in [9.17, 15) is 15.0 Å². The van der Waals surface area contributed by atoms with Crippen molar-refractivity contribution in [3.63, 3.8) is 0 Å². The summed E-state index contributed by atoms with van der Waals surface area (Å²) in [5.74, 6) is 0. The first-order chi connectivity index (χ1) is 9.54. The third-order valence-electron chi connectivity index (χ3n) is 3.21. The van der Waals surface area contributed by atoms with Crippen LogP contribution in [0.4, 0.5) is 0 Å². The van der Waals surface area contributed by atoms with E-state index in [1.165, 1.54) is 10.9 Å². The van der Waals surface area contributed by atoms with Gasteiger partial charge < -0.3 is 25.0 Å². The molecule has 1 aliphatic rings. The molecule has 0 spiro atoms. The van der Waals surface area contributed by atoms with Crippen LogP contribution in [-0.4, -0.2) is 59.8 Å². The lowest BCUT2D eigenvalue weighted by molar-refractivity contribution is -0.0522.